The second kappa shape index (κ2) is 41.9. The molecule has 304 valence electrons. The molecule has 6 nitrogen and oxygen atoms in total. The predicted octanol–water partition coefficient (Wildman–Crippen LogP) is 13.7. The van der Waals surface area contributed by atoms with E-state index in [1.54, 1.807) is 0 Å². The van der Waals surface area contributed by atoms with E-state index in [1.807, 2.05) is 0 Å². The Balaban J connectivity index is 4.45. The van der Waals surface area contributed by atoms with Crippen molar-refractivity contribution in [1.29, 1.82) is 0 Å². The summed E-state index contributed by atoms with van der Waals surface area (Å²) in [4.78, 5) is 37.6. The van der Waals surface area contributed by atoms with E-state index in [2.05, 4.69) is 81.5 Å². The number of allylic oxidation sites excluding steroid dienone is 10. The molecule has 0 amide bonds. The first-order valence-electron chi connectivity index (χ1n) is 21.8. The van der Waals surface area contributed by atoms with Crippen molar-refractivity contribution in [1.82, 2.24) is 0 Å². The molecule has 1 unspecified atom stereocenters. The molecule has 53 heavy (non-hydrogen) atoms. The van der Waals surface area contributed by atoms with Crippen molar-refractivity contribution >= 4 is 17.9 Å². The molecule has 0 aromatic carbocycles. The number of rotatable bonds is 38. The van der Waals surface area contributed by atoms with Crippen molar-refractivity contribution in [2.24, 2.45) is 0 Å². The van der Waals surface area contributed by atoms with Crippen LogP contribution in [0.3, 0.4) is 0 Å². The second-order valence-electron chi connectivity index (χ2n) is 14.3. The molecular weight excluding hydrogens is 661 g/mol. The maximum Gasteiger partial charge on any atom is 0.306 e. The van der Waals surface area contributed by atoms with Crippen LogP contribution >= 0.6 is 0 Å². The minimum Gasteiger partial charge on any atom is -0.462 e. The summed E-state index contributed by atoms with van der Waals surface area (Å²) in [6, 6.07) is 0. The quantitative estimate of drug-likeness (QED) is 0.0271. The van der Waals surface area contributed by atoms with Gasteiger partial charge in [0.15, 0.2) is 6.10 Å². The fraction of sp³-hybridized carbons (Fsp3) is 0.723. The highest BCUT2D eigenvalue weighted by Crippen LogP contribution is 2.13. The van der Waals surface area contributed by atoms with Crippen LogP contribution in [0.4, 0.5) is 0 Å². The summed E-state index contributed by atoms with van der Waals surface area (Å²) in [6.07, 6.45) is 49.2. The molecule has 0 saturated heterocycles. The first-order chi connectivity index (χ1) is 26.0. The SMILES string of the molecule is CC\C=C/C=C\C=C/CCCCCCCC(=O)OCC(COC(=O)CCCCCCCCCCCCC)OC(=O)CCCCC/C=C\C=C/CCCC. The smallest absolute Gasteiger partial charge is 0.306 e. The van der Waals surface area contributed by atoms with Gasteiger partial charge in [-0.05, 0) is 57.8 Å². The van der Waals surface area contributed by atoms with Gasteiger partial charge in [-0.1, -0.05) is 184 Å². The van der Waals surface area contributed by atoms with Gasteiger partial charge in [-0.25, -0.2) is 0 Å². The van der Waals surface area contributed by atoms with Gasteiger partial charge >= 0.3 is 17.9 Å². The standard InChI is InChI=1S/C47H80O6/c1-4-7-10-13-16-19-22-23-26-28-31-34-37-40-46(49)52-43-44(53-47(50)41-38-35-32-29-25-21-18-15-12-9-6-3)42-51-45(48)39-36-33-30-27-24-20-17-14-11-8-5-2/h7,10,13,15-16,18-19,21-22,25,44H,4-6,8-9,11-12,14,17,20,23-24,26-43H2,1-3H3/b10-7-,16-13-,18-15-,22-19-,25-21-. The molecule has 0 spiro atoms. The third-order valence-electron chi connectivity index (χ3n) is 9.10. The lowest BCUT2D eigenvalue weighted by molar-refractivity contribution is -0.167. The molecule has 0 fully saturated rings. The van der Waals surface area contributed by atoms with Crippen LogP contribution in [0.1, 0.15) is 201 Å². The number of ether oxygens (including phenoxy) is 3. The van der Waals surface area contributed by atoms with E-state index >= 15 is 0 Å². The number of esters is 3. The number of carbonyl (C=O) groups excluding carboxylic acids is 3. The van der Waals surface area contributed by atoms with E-state index in [-0.39, 0.29) is 31.1 Å². The summed E-state index contributed by atoms with van der Waals surface area (Å²) < 4.78 is 16.6. The number of hydrogen-bond donors (Lipinski definition) is 0. The average molecular weight is 741 g/mol. The highest BCUT2D eigenvalue weighted by molar-refractivity contribution is 5.71. The molecule has 0 aliphatic carbocycles. The largest absolute Gasteiger partial charge is 0.462 e. The Morgan fingerprint density at radius 2 is 0.755 bits per heavy atom. The van der Waals surface area contributed by atoms with Gasteiger partial charge in [-0.2, -0.15) is 0 Å². The van der Waals surface area contributed by atoms with Gasteiger partial charge < -0.3 is 14.2 Å². The molecule has 0 N–H and O–H groups in total. The normalized spacial score (nSPS) is 12.6. The molecule has 0 heterocycles. The fourth-order valence-electron chi connectivity index (χ4n) is 5.77. The maximum atomic E-state index is 12.7. The van der Waals surface area contributed by atoms with Crippen molar-refractivity contribution in [3.63, 3.8) is 0 Å². The van der Waals surface area contributed by atoms with Crippen molar-refractivity contribution in [2.75, 3.05) is 13.2 Å². The van der Waals surface area contributed by atoms with E-state index in [0.717, 1.165) is 96.3 Å². The van der Waals surface area contributed by atoms with Crippen molar-refractivity contribution < 1.29 is 28.6 Å². The second-order valence-corrected chi connectivity index (χ2v) is 14.3. The van der Waals surface area contributed by atoms with Crippen molar-refractivity contribution in [3.05, 3.63) is 60.8 Å². The number of carbonyl (C=O) groups is 3. The van der Waals surface area contributed by atoms with E-state index in [4.69, 9.17) is 14.2 Å². The van der Waals surface area contributed by atoms with Gasteiger partial charge in [0, 0.05) is 19.3 Å². The summed E-state index contributed by atoms with van der Waals surface area (Å²) in [5.74, 6) is -0.947. The summed E-state index contributed by atoms with van der Waals surface area (Å²) in [5.41, 5.74) is 0. The monoisotopic (exact) mass is 741 g/mol. The highest BCUT2D eigenvalue weighted by Gasteiger charge is 2.19. The average Bonchev–Trinajstić information content (AvgIpc) is 3.15. The Morgan fingerprint density at radius 3 is 1.23 bits per heavy atom. The van der Waals surface area contributed by atoms with Crippen LogP contribution in [0, 0.1) is 0 Å². The minimum absolute atomic E-state index is 0.0911. The van der Waals surface area contributed by atoms with E-state index in [9.17, 15) is 14.4 Å². The van der Waals surface area contributed by atoms with Gasteiger partial charge in [-0.3, -0.25) is 14.4 Å². The van der Waals surface area contributed by atoms with E-state index in [1.165, 1.54) is 64.2 Å². The molecule has 0 aromatic rings. The summed E-state index contributed by atoms with van der Waals surface area (Å²) in [5, 5.41) is 0. The highest BCUT2D eigenvalue weighted by atomic mass is 16.6. The van der Waals surface area contributed by atoms with Crippen LogP contribution in [-0.4, -0.2) is 37.2 Å². The Kier molecular flexibility index (Phi) is 39.6. The van der Waals surface area contributed by atoms with E-state index < -0.39 is 6.10 Å². The zero-order valence-electron chi connectivity index (χ0n) is 34.5. The zero-order chi connectivity index (χ0) is 38.7. The molecule has 1 atom stereocenters. The molecule has 6 heteroatoms. The fourth-order valence-corrected chi connectivity index (χ4v) is 5.77. The van der Waals surface area contributed by atoms with Crippen molar-refractivity contribution in [2.45, 2.75) is 207 Å². The predicted molar refractivity (Wildman–Crippen MR) is 224 cm³/mol. The lowest BCUT2D eigenvalue weighted by atomic mass is 10.1. The molecule has 0 bridgehead atoms. The Morgan fingerprint density at radius 1 is 0.396 bits per heavy atom. The van der Waals surface area contributed by atoms with Gasteiger partial charge in [-0.15, -0.1) is 0 Å². The summed E-state index contributed by atoms with van der Waals surface area (Å²) >= 11 is 0. The summed E-state index contributed by atoms with van der Waals surface area (Å²) in [6.45, 7) is 6.38. The number of hydrogen-bond acceptors (Lipinski definition) is 6. The molecule has 0 aliphatic rings. The zero-order valence-corrected chi connectivity index (χ0v) is 34.5. The topological polar surface area (TPSA) is 78.9 Å². The first kappa shape index (κ1) is 50.1. The molecular formula is C47H80O6. The van der Waals surface area contributed by atoms with Crippen LogP contribution < -0.4 is 0 Å². The lowest BCUT2D eigenvalue weighted by Gasteiger charge is -2.18. The van der Waals surface area contributed by atoms with Crippen molar-refractivity contribution in [3.8, 4) is 0 Å². The van der Waals surface area contributed by atoms with Crippen LogP contribution in [0.15, 0.2) is 60.8 Å². The Labute approximate surface area is 326 Å². The minimum atomic E-state index is -0.791. The van der Waals surface area contributed by atoms with Crippen LogP contribution in [0.2, 0.25) is 0 Å². The third kappa shape index (κ3) is 40.1. The van der Waals surface area contributed by atoms with E-state index in [0.29, 0.717) is 19.3 Å². The Bertz CT molecular complexity index is 991. The van der Waals surface area contributed by atoms with Gasteiger partial charge in [0.2, 0.25) is 0 Å². The lowest BCUT2D eigenvalue weighted by Crippen LogP contribution is -2.30. The number of unbranched alkanes of at least 4 members (excludes halogenated alkanes) is 20. The summed E-state index contributed by atoms with van der Waals surface area (Å²) in [7, 11) is 0. The Hall–Kier alpha value is -2.89. The molecule has 0 radical (unpaired) electrons. The van der Waals surface area contributed by atoms with Crippen LogP contribution in [0.25, 0.3) is 0 Å². The maximum absolute atomic E-state index is 12.7. The first-order valence-corrected chi connectivity index (χ1v) is 21.8. The van der Waals surface area contributed by atoms with Crippen LogP contribution in [-0.2, 0) is 28.6 Å². The molecule has 0 aliphatic heterocycles. The molecule has 0 aromatic heterocycles. The van der Waals surface area contributed by atoms with Gasteiger partial charge in [0.1, 0.15) is 13.2 Å². The third-order valence-corrected chi connectivity index (χ3v) is 9.10. The van der Waals surface area contributed by atoms with Crippen LogP contribution in [0.5, 0.6) is 0 Å². The molecule has 0 rings (SSSR count). The van der Waals surface area contributed by atoms with Gasteiger partial charge in [0.05, 0.1) is 0 Å². The van der Waals surface area contributed by atoms with Gasteiger partial charge in [0.25, 0.3) is 0 Å². The molecule has 0 saturated carbocycles.